The number of unbranched alkanes of at least 4 members (excludes halogenated alkanes) is 1. The van der Waals surface area contributed by atoms with Crippen LogP contribution in [0.1, 0.15) is 49.5 Å². The predicted molar refractivity (Wildman–Crippen MR) is 150 cm³/mol. The van der Waals surface area contributed by atoms with Crippen LogP contribution in [-0.2, 0) is 30.3 Å². The van der Waals surface area contributed by atoms with Crippen molar-refractivity contribution in [2.24, 2.45) is 0 Å². The quantitative estimate of drug-likeness (QED) is 0.113. The van der Waals surface area contributed by atoms with Gasteiger partial charge in [-0.25, -0.2) is 19.2 Å². The molecule has 2 amide bonds. The molecular weight excluding hydrogens is 568 g/mol. The Morgan fingerprint density at radius 3 is 2.16 bits per heavy atom. The number of carboxylic acids is 2. The molecule has 14 nitrogen and oxygen atoms in total. The van der Waals surface area contributed by atoms with Gasteiger partial charge in [-0.2, -0.15) is 0 Å². The van der Waals surface area contributed by atoms with Gasteiger partial charge in [-0.15, -0.1) is 0 Å². The zero-order chi connectivity index (χ0) is 32.2. The first-order valence-corrected chi connectivity index (χ1v) is 13.2. The molecule has 0 aliphatic carbocycles. The first-order valence-electron chi connectivity index (χ1n) is 13.2. The number of carbonyl (C=O) groups excluding carboxylic acids is 3. The maximum atomic E-state index is 13.0. The first-order chi connectivity index (χ1) is 20.2. The number of hydrogen-bond acceptors (Lipinski definition) is 10. The van der Waals surface area contributed by atoms with E-state index in [4.69, 9.17) is 24.4 Å². The minimum absolute atomic E-state index is 0.00806. The van der Waals surface area contributed by atoms with E-state index in [0.29, 0.717) is 18.4 Å². The van der Waals surface area contributed by atoms with E-state index < -0.39 is 47.7 Å². The van der Waals surface area contributed by atoms with Gasteiger partial charge >= 0.3 is 24.0 Å². The lowest BCUT2D eigenvalue weighted by Crippen LogP contribution is -2.49. The van der Waals surface area contributed by atoms with Crippen LogP contribution >= 0.6 is 0 Å². The molecule has 0 bridgehead atoms. The Kier molecular flexibility index (Phi) is 12.6. The lowest BCUT2D eigenvalue weighted by atomic mass is 10.0. The minimum Gasteiger partial charge on any atom is -0.507 e. The van der Waals surface area contributed by atoms with Crippen molar-refractivity contribution in [1.82, 2.24) is 10.6 Å². The summed E-state index contributed by atoms with van der Waals surface area (Å²) in [5, 5.41) is 33.2. The van der Waals surface area contributed by atoms with Crippen molar-refractivity contribution in [3.05, 3.63) is 53.6 Å². The number of carboxylic acid groups (broad SMARTS) is 2. The summed E-state index contributed by atoms with van der Waals surface area (Å²) in [5.41, 5.74) is -0.331. The van der Waals surface area contributed by atoms with E-state index >= 15 is 0 Å². The molecule has 43 heavy (non-hydrogen) atoms. The molecule has 2 aromatic rings. The van der Waals surface area contributed by atoms with Crippen molar-refractivity contribution in [2.75, 3.05) is 20.3 Å². The third-order valence-electron chi connectivity index (χ3n) is 5.59. The Morgan fingerprint density at radius 1 is 0.930 bits per heavy atom. The first kappa shape index (κ1) is 34.2. The number of hydrogen-bond donors (Lipinski definition) is 5. The number of methoxy groups -OCH3 is 1. The summed E-state index contributed by atoms with van der Waals surface area (Å²) in [6.45, 7) is 5.44. The number of nitrogens with one attached hydrogen (secondary N) is 2. The SMILES string of the molecule is COC(=O)c1c(O)cccc1OCCCCNC(=O)[C@H](Cc1ccc(OC(C(=O)O)C(=O)O)cc1)NC(=O)OC(C)(C)C. The number of carbonyl (C=O) groups is 5. The van der Waals surface area contributed by atoms with Crippen LogP contribution in [0.15, 0.2) is 42.5 Å². The van der Waals surface area contributed by atoms with Gasteiger partial charge in [0.2, 0.25) is 5.91 Å². The van der Waals surface area contributed by atoms with Gasteiger partial charge < -0.3 is 44.9 Å². The lowest BCUT2D eigenvalue weighted by Gasteiger charge is -2.23. The smallest absolute Gasteiger partial charge is 0.408 e. The molecule has 0 aliphatic heterocycles. The zero-order valence-corrected chi connectivity index (χ0v) is 24.2. The van der Waals surface area contributed by atoms with Gasteiger partial charge in [0.25, 0.3) is 6.10 Å². The maximum Gasteiger partial charge on any atom is 0.408 e. The van der Waals surface area contributed by atoms with Crippen molar-refractivity contribution in [3.8, 4) is 17.2 Å². The molecule has 1 atom stereocenters. The predicted octanol–water partition coefficient (Wildman–Crippen LogP) is 2.51. The van der Waals surface area contributed by atoms with E-state index in [0.717, 1.165) is 0 Å². The molecule has 14 heteroatoms. The lowest BCUT2D eigenvalue weighted by molar-refractivity contribution is -0.159. The summed E-state index contributed by atoms with van der Waals surface area (Å²) in [7, 11) is 1.19. The molecule has 0 aromatic heterocycles. The van der Waals surface area contributed by atoms with Crippen molar-refractivity contribution in [2.45, 2.75) is 57.8 Å². The van der Waals surface area contributed by atoms with Crippen LogP contribution in [0, 0.1) is 0 Å². The molecule has 2 rings (SSSR count). The summed E-state index contributed by atoms with van der Waals surface area (Å²) >= 11 is 0. The molecule has 0 aliphatic rings. The number of aliphatic carboxylic acids is 2. The highest BCUT2D eigenvalue weighted by Crippen LogP contribution is 2.28. The molecule has 234 valence electrons. The fourth-order valence-corrected chi connectivity index (χ4v) is 3.63. The van der Waals surface area contributed by atoms with Crippen LogP contribution in [0.5, 0.6) is 17.2 Å². The molecule has 5 N–H and O–H groups in total. The van der Waals surface area contributed by atoms with E-state index in [-0.39, 0.29) is 42.4 Å². The van der Waals surface area contributed by atoms with Crippen LogP contribution in [0.4, 0.5) is 4.79 Å². The van der Waals surface area contributed by atoms with E-state index in [2.05, 4.69) is 15.4 Å². The number of rotatable bonds is 15. The van der Waals surface area contributed by atoms with Crippen LogP contribution in [0.3, 0.4) is 0 Å². The summed E-state index contributed by atoms with van der Waals surface area (Å²) in [5.74, 6) is -4.67. The topological polar surface area (TPSA) is 207 Å². The number of esters is 1. The monoisotopic (exact) mass is 604 g/mol. The second-order valence-corrected chi connectivity index (χ2v) is 10.2. The van der Waals surface area contributed by atoms with Crippen LogP contribution < -0.4 is 20.1 Å². The molecule has 2 aromatic carbocycles. The number of amides is 2. The summed E-state index contributed by atoms with van der Waals surface area (Å²) < 4.78 is 20.6. The van der Waals surface area contributed by atoms with Gasteiger partial charge in [0.1, 0.15) is 34.5 Å². The molecule has 0 radical (unpaired) electrons. The van der Waals surface area contributed by atoms with Crippen LogP contribution in [0.2, 0.25) is 0 Å². The third-order valence-corrected chi connectivity index (χ3v) is 5.59. The molecule has 0 heterocycles. The summed E-state index contributed by atoms with van der Waals surface area (Å²) in [6.07, 6.45) is -1.89. The van der Waals surface area contributed by atoms with Crippen molar-refractivity contribution < 1.29 is 58.2 Å². The van der Waals surface area contributed by atoms with Crippen molar-refractivity contribution in [1.29, 1.82) is 0 Å². The van der Waals surface area contributed by atoms with Crippen molar-refractivity contribution in [3.63, 3.8) is 0 Å². The minimum atomic E-state index is -2.08. The molecule has 0 unspecified atom stereocenters. The number of phenols is 1. The van der Waals surface area contributed by atoms with Crippen LogP contribution in [0.25, 0.3) is 0 Å². The maximum absolute atomic E-state index is 13.0. The number of phenolic OH excluding ortho intramolecular Hbond substituents is 1. The van der Waals surface area contributed by atoms with E-state index in [1.165, 1.54) is 49.6 Å². The molecule has 0 fully saturated rings. The van der Waals surface area contributed by atoms with Gasteiger partial charge in [-0.3, -0.25) is 4.79 Å². The Morgan fingerprint density at radius 2 is 1.58 bits per heavy atom. The highest BCUT2D eigenvalue weighted by Gasteiger charge is 2.28. The normalized spacial score (nSPS) is 11.7. The molecule has 0 spiro atoms. The van der Waals surface area contributed by atoms with Gasteiger partial charge in [0, 0.05) is 13.0 Å². The molecule has 0 saturated carbocycles. The Balaban J connectivity index is 1.98. The van der Waals surface area contributed by atoms with Gasteiger partial charge in [0.15, 0.2) is 0 Å². The second-order valence-electron chi connectivity index (χ2n) is 10.2. The average Bonchev–Trinajstić information content (AvgIpc) is 2.92. The Bertz CT molecular complexity index is 1270. The number of ether oxygens (including phenoxy) is 4. The highest BCUT2D eigenvalue weighted by molar-refractivity contribution is 5.96. The van der Waals surface area contributed by atoms with E-state index in [9.17, 15) is 29.1 Å². The largest absolute Gasteiger partial charge is 0.507 e. The van der Waals surface area contributed by atoms with Gasteiger partial charge in [0.05, 0.1) is 13.7 Å². The van der Waals surface area contributed by atoms with Gasteiger partial charge in [-0.1, -0.05) is 18.2 Å². The highest BCUT2D eigenvalue weighted by atomic mass is 16.6. The van der Waals surface area contributed by atoms with Crippen molar-refractivity contribution >= 4 is 29.9 Å². The van der Waals surface area contributed by atoms with Gasteiger partial charge in [-0.05, 0) is 63.4 Å². The Hall–Kier alpha value is -5.01. The zero-order valence-electron chi connectivity index (χ0n) is 24.2. The van der Waals surface area contributed by atoms with E-state index in [1.807, 2.05) is 0 Å². The third kappa shape index (κ3) is 11.4. The summed E-state index contributed by atoms with van der Waals surface area (Å²) in [4.78, 5) is 59.5. The van der Waals surface area contributed by atoms with Crippen LogP contribution in [-0.4, -0.2) is 83.2 Å². The molecular formula is C29H36N2O12. The molecule has 0 saturated heterocycles. The number of benzene rings is 2. The summed E-state index contributed by atoms with van der Waals surface area (Å²) in [6, 6.07) is 9.08. The fourth-order valence-electron chi connectivity index (χ4n) is 3.63. The average molecular weight is 605 g/mol. The standard InChI is InChI=1S/C29H36N2O12/c1-29(2,3)43-28(39)31-19(16-17-10-12-18(13-11-17)42-23(25(34)35)26(36)37)24(33)30-14-5-6-15-41-21-9-7-8-20(32)22(21)27(38)40-4/h7-13,19,23,32H,5-6,14-16H2,1-4H3,(H,30,33)(H,31,39)(H,34,35)(H,36,37)/t19-/m0/s1. The van der Waals surface area contributed by atoms with E-state index in [1.54, 1.807) is 20.8 Å². The second kappa shape index (κ2) is 15.8. The fraction of sp³-hybridized carbons (Fsp3) is 0.414. The number of alkyl carbamates (subject to hydrolysis) is 1. The Labute approximate surface area is 247 Å². The number of aromatic hydroxyl groups is 1.